The van der Waals surface area contributed by atoms with Gasteiger partial charge in [-0.05, 0) is 36.9 Å². The van der Waals surface area contributed by atoms with Gasteiger partial charge in [0.2, 0.25) is 5.91 Å². The van der Waals surface area contributed by atoms with E-state index >= 15 is 0 Å². The molecule has 2 heterocycles. The van der Waals surface area contributed by atoms with Gasteiger partial charge in [0.15, 0.2) is 5.16 Å². The Morgan fingerprint density at radius 3 is 2.92 bits per heavy atom. The van der Waals surface area contributed by atoms with Crippen molar-refractivity contribution in [1.82, 2.24) is 9.55 Å². The molecule has 0 saturated heterocycles. The maximum absolute atomic E-state index is 12.6. The van der Waals surface area contributed by atoms with E-state index in [1.807, 2.05) is 37.4 Å². The van der Waals surface area contributed by atoms with Crippen LogP contribution in [-0.4, -0.2) is 21.2 Å². The van der Waals surface area contributed by atoms with Crippen LogP contribution in [0.15, 0.2) is 52.3 Å². The van der Waals surface area contributed by atoms with Crippen molar-refractivity contribution in [3.63, 3.8) is 0 Å². The molecule has 1 amide bonds. The molecule has 7 heteroatoms. The molecule has 5 nitrogen and oxygen atoms in total. The number of rotatable bonds is 6. The van der Waals surface area contributed by atoms with Crippen LogP contribution in [0.1, 0.15) is 11.1 Å². The Balaban J connectivity index is 1.78. The van der Waals surface area contributed by atoms with E-state index in [-0.39, 0.29) is 17.2 Å². The van der Waals surface area contributed by atoms with Gasteiger partial charge in [0.1, 0.15) is 4.83 Å². The Kier molecular flexibility index (Phi) is 5.58. The van der Waals surface area contributed by atoms with Crippen molar-refractivity contribution >= 4 is 44.9 Å². The first kappa shape index (κ1) is 18.4. The average molecular weight is 386 g/mol. The molecule has 0 radical (unpaired) electrons. The van der Waals surface area contributed by atoms with Gasteiger partial charge in [-0.2, -0.15) is 0 Å². The number of aromatic nitrogens is 2. The summed E-state index contributed by atoms with van der Waals surface area (Å²) in [6.07, 6.45) is 1.65. The lowest BCUT2D eigenvalue weighted by molar-refractivity contribution is -0.113. The van der Waals surface area contributed by atoms with Crippen molar-refractivity contribution in [3.05, 3.63) is 63.8 Å². The summed E-state index contributed by atoms with van der Waals surface area (Å²) in [4.78, 5) is 30.1. The SMILES string of the molecule is C=CCn1c(SCC(=O)Nc2ccc(C)cc2C)nc2sccc2c1=O. The van der Waals surface area contributed by atoms with Crippen molar-refractivity contribution in [2.24, 2.45) is 0 Å². The molecule has 134 valence electrons. The molecule has 0 unspecified atom stereocenters. The molecule has 0 atom stereocenters. The molecular weight excluding hydrogens is 366 g/mol. The summed E-state index contributed by atoms with van der Waals surface area (Å²) in [7, 11) is 0. The van der Waals surface area contributed by atoms with Crippen LogP contribution < -0.4 is 10.9 Å². The van der Waals surface area contributed by atoms with E-state index in [1.54, 1.807) is 16.7 Å². The Bertz CT molecular complexity index is 1040. The fraction of sp³-hybridized carbons (Fsp3) is 0.211. The van der Waals surface area contributed by atoms with Crippen molar-refractivity contribution in [2.75, 3.05) is 11.1 Å². The number of thioether (sulfide) groups is 1. The van der Waals surface area contributed by atoms with E-state index in [1.165, 1.54) is 23.1 Å². The quantitative estimate of drug-likeness (QED) is 0.396. The first-order valence-electron chi connectivity index (χ1n) is 8.08. The molecule has 0 aliphatic heterocycles. The summed E-state index contributed by atoms with van der Waals surface area (Å²) >= 11 is 2.67. The smallest absolute Gasteiger partial charge is 0.263 e. The largest absolute Gasteiger partial charge is 0.325 e. The van der Waals surface area contributed by atoms with Gasteiger partial charge in [-0.25, -0.2) is 4.98 Å². The standard InChI is InChI=1S/C19H19N3O2S2/c1-4-8-22-18(24)14-7-9-25-17(14)21-19(22)26-11-16(23)20-15-6-5-12(2)10-13(15)3/h4-7,9-10H,1,8,11H2,2-3H3,(H,20,23). The van der Waals surface area contributed by atoms with E-state index in [4.69, 9.17) is 0 Å². The highest BCUT2D eigenvalue weighted by atomic mass is 32.2. The monoisotopic (exact) mass is 385 g/mol. The number of thiophene rings is 1. The molecule has 3 aromatic rings. The van der Waals surface area contributed by atoms with Gasteiger partial charge in [0.25, 0.3) is 5.56 Å². The zero-order valence-corrected chi connectivity index (χ0v) is 16.2. The Hall–Kier alpha value is -2.38. The molecule has 2 aromatic heterocycles. The Morgan fingerprint density at radius 1 is 1.38 bits per heavy atom. The minimum absolute atomic E-state index is 0.103. The lowest BCUT2D eigenvalue weighted by atomic mass is 10.1. The van der Waals surface area contributed by atoms with Crippen LogP contribution in [0.25, 0.3) is 10.2 Å². The van der Waals surface area contributed by atoms with E-state index in [0.29, 0.717) is 21.9 Å². The number of carbonyl (C=O) groups excluding carboxylic acids is 1. The third kappa shape index (κ3) is 3.89. The maximum atomic E-state index is 12.6. The summed E-state index contributed by atoms with van der Waals surface area (Å²) in [6, 6.07) is 7.66. The molecule has 3 rings (SSSR count). The van der Waals surface area contributed by atoms with Crippen molar-refractivity contribution < 1.29 is 4.79 Å². The first-order chi connectivity index (χ1) is 12.5. The molecular formula is C19H19N3O2S2. The van der Waals surface area contributed by atoms with Gasteiger partial charge < -0.3 is 5.32 Å². The van der Waals surface area contributed by atoms with E-state index in [0.717, 1.165) is 16.8 Å². The van der Waals surface area contributed by atoms with Crippen LogP contribution in [0.3, 0.4) is 0 Å². The second-order valence-corrected chi connectivity index (χ2v) is 7.73. The molecule has 0 spiro atoms. The highest BCUT2D eigenvalue weighted by Crippen LogP contribution is 2.22. The van der Waals surface area contributed by atoms with Gasteiger partial charge in [0, 0.05) is 12.2 Å². The maximum Gasteiger partial charge on any atom is 0.263 e. The van der Waals surface area contributed by atoms with Crippen LogP contribution >= 0.6 is 23.1 Å². The molecule has 0 aliphatic rings. The Morgan fingerprint density at radius 2 is 2.19 bits per heavy atom. The number of hydrogen-bond donors (Lipinski definition) is 1. The number of fused-ring (bicyclic) bond motifs is 1. The normalized spacial score (nSPS) is 10.8. The number of nitrogens with one attached hydrogen (secondary N) is 1. The lowest BCUT2D eigenvalue weighted by Gasteiger charge is -2.11. The average Bonchev–Trinajstić information content (AvgIpc) is 3.07. The number of aryl methyl sites for hydroxylation is 2. The molecule has 0 saturated carbocycles. The molecule has 0 fully saturated rings. The van der Waals surface area contributed by atoms with Crippen LogP contribution in [-0.2, 0) is 11.3 Å². The van der Waals surface area contributed by atoms with Gasteiger partial charge in [-0.1, -0.05) is 35.5 Å². The van der Waals surface area contributed by atoms with Crippen molar-refractivity contribution in [2.45, 2.75) is 25.5 Å². The summed E-state index contributed by atoms with van der Waals surface area (Å²) in [5, 5.41) is 5.89. The Labute approximate surface area is 159 Å². The molecule has 0 aliphatic carbocycles. The minimum atomic E-state index is -0.132. The zero-order valence-electron chi connectivity index (χ0n) is 14.6. The lowest BCUT2D eigenvalue weighted by Crippen LogP contribution is -2.23. The zero-order chi connectivity index (χ0) is 18.7. The second kappa shape index (κ2) is 7.88. The van der Waals surface area contributed by atoms with E-state index in [9.17, 15) is 9.59 Å². The van der Waals surface area contributed by atoms with E-state index < -0.39 is 0 Å². The predicted octanol–water partition coefficient (Wildman–Crippen LogP) is 3.99. The van der Waals surface area contributed by atoms with Gasteiger partial charge >= 0.3 is 0 Å². The van der Waals surface area contributed by atoms with Crippen LogP contribution in [0.4, 0.5) is 5.69 Å². The van der Waals surface area contributed by atoms with E-state index in [2.05, 4.69) is 16.9 Å². The minimum Gasteiger partial charge on any atom is -0.325 e. The number of hydrogen-bond acceptors (Lipinski definition) is 5. The summed E-state index contributed by atoms with van der Waals surface area (Å²) < 4.78 is 1.55. The third-order valence-electron chi connectivity index (χ3n) is 3.85. The number of anilines is 1. The number of amides is 1. The molecule has 26 heavy (non-hydrogen) atoms. The van der Waals surface area contributed by atoms with Gasteiger partial charge in [0.05, 0.1) is 11.1 Å². The topological polar surface area (TPSA) is 64.0 Å². The van der Waals surface area contributed by atoms with Crippen LogP contribution in [0.2, 0.25) is 0 Å². The molecule has 1 N–H and O–H groups in total. The fourth-order valence-corrected chi connectivity index (χ4v) is 4.21. The van der Waals surface area contributed by atoms with Crippen LogP contribution in [0, 0.1) is 13.8 Å². The fourth-order valence-electron chi connectivity index (χ4n) is 2.60. The number of carbonyl (C=O) groups is 1. The highest BCUT2D eigenvalue weighted by molar-refractivity contribution is 7.99. The summed E-state index contributed by atoms with van der Waals surface area (Å²) in [5.74, 6) is 0.0426. The summed E-state index contributed by atoms with van der Waals surface area (Å²) in [6.45, 7) is 8.04. The highest BCUT2D eigenvalue weighted by Gasteiger charge is 2.14. The third-order valence-corrected chi connectivity index (χ3v) is 5.63. The van der Waals surface area contributed by atoms with Crippen molar-refractivity contribution in [1.29, 1.82) is 0 Å². The van der Waals surface area contributed by atoms with Gasteiger partial charge in [-0.3, -0.25) is 14.2 Å². The first-order valence-corrected chi connectivity index (χ1v) is 9.95. The predicted molar refractivity (Wildman–Crippen MR) is 109 cm³/mol. The van der Waals surface area contributed by atoms with Gasteiger partial charge in [-0.15, -0.1) is 17.9 Å². The molecule has 1 aromatic carbocycles. The molecule has 0 bridgehead atoms. The number of benzene rings is 1. The van der Waals surface area contributed by atoms with Crippen LogP contribution in [0.5, 0.6) is 0 Å². The number of nitrogens with zero attached hydrogens (tertiary/aromatic N) is 2. The second-order valence-electron chi connectivity index (χ2n) is 5.89. The summed E-state index contributed by atoms with van der Waals surface area (Å²) in [5.41, 5.74) is 2.86. The number of allylic oxidation sites excluding steroid dienone is 1. The van der Waals surface area contributed by atoms with Crippen molar-refractivity contribution in [3.8, 4) is 0 Å².